The predicted octanol–water partition coefficient (Wildman–Crippen LogP) is 4.19. The van der Waals surface area contributed by atoms with E-state index >= 15 is 0 Å². The molecule has 5 nitrogen and oxygen atoms in total. The van der Waals surface area contributed by atoms with Crippen molar-refractivity contribution in [3.05, 3.63) is 65.2 Å². The van der Waals surface area contributed by atoms with E-state index in [2.05, 4.69) is 20.9 Å². The van der Waals surface area contributed by atoms with Crippen LogP contribution in [-0.4, -0.2) is 18.9 Å². The number of anilines is 1. The van der Waals surface area contributed by atoms with Crippen molar-refractivity contribution in [1.82, 2.24) is 10.6 Å². The van der Waals surface area contributed by atoms with Gasteiger partial charge in [0, 0.05) is 37.8 Å². The van der Waals surface area contributed by atoms with Crippen LogP contribution in [0.25, 0.3) is 0 Å². The minimum Gasteiger partial charge on any atom is -0.352 e. The fourth-order valence-electron chi connectivity index (χ4n) is 2.47. The Morgan fingerprint density at radius 2 is 1.82 bits per heavy atom. The number of hydrogen-bond acceptors (Lipinski definition) is 2. The lowest BCUT2D eigenvalue weighted by Gasteiger charge is -2.13. The van der Waals surface area contributed by atoms with Crippen molar-refractivity contribution in [3.63, 3.8) is 0 Å². The summed E-state index contributed by atoms with van der Waals surface area (Å²) >= 11 is 0. The molecule has 8 heteroatoms. The Balaban J connectivity index is 0.00000392. The first-order valence-electron chi connectivity index (χ1n) is 8.79. The number of hydrogen-bond donors (Lipinski definition) is 3. The summed E-state index contributed by atoms with van der Waals surface area (Å²) in [4.78, 5) is 15.8. The summed E-state index contributed by atoms with van der Waals surface area (Å²) < 4.78 is 26.9. The Bertz CT molecular complexity index is 815. The molecule has 0 aliphatic heterocycles. The molecule has 152 valence electrons. The molecule has 2 rings (SSSR count). The van der Waals surface area contributed by atoms with E-state index in [0.717, 1.165) is 35.9 Å². The lowest BCUT2D eigenvalue weighted by atomic mass is 10.2. The molecule has 0 saturated carbocycles. The third-order valence-electron chi connectivity index (χ3n) is 3.83. The number of guanidine groups is 1. The molecule has 0 unspecified atom stereocenters. The van der Waals surface area contributed by atoms with E-state index < -0.39 is 11.6 Å². The van der Waals surface area contributed by atoms with Gasteiger partial charge in [-0.1, -0.05) is 19.1 Å². The Hall–Kier alpha value is -2.23. The number of rotatable bonds is 7. The van der Waals surface area contributed by atoms with Gasteiger partial charge in [-0.3, -0.25) is 9.79 Å². The van der Waals surface area contributed by atoms with E-state index in [1.165, 1.54) is 0 Å². The van der Waals surface area contributed by atoms with Gasteiger partial charge in [-0.25, -0.2) is 8.78 Å². The van der Waals surface area contributed by atoms with Crippen LogP contribution in [-0.2, 0) is 17.9 Å². The maximum absolute atomic E-state index is 13.7. The van der Waals surface area contributed by atoms with Crippen molar-refractivity contribution in [3.8, 4) is 0 Å². The molecule has 2 aromatic rings. The molecule has 0 spiro atoms. The van der Waals surface area contributed by atoms with Gasteiger partial charge in [0.1, 0.15) is 11.6 Å². The van der Waals surface area contributed by atoms with Crippen molar-refractivity contribution in [2.45, 2.75) is 32.9 Å². The van der Waals surface area contributed by atoms with Gasteiger partial charge in [-0.15, -0.1) is 24.0 Å². The zero-order chi connectivity index (χ0) is 19.6. The molecule has 1 amide bonds. The second-order valence-corrected chi connectivity index (χ2v) is 6.01. The van der Waals surface area contributed by atoms with Gasteiger partial charge in [0.15, 0.2) is 5.96 Å². The number of carbonyl (C=O) groups is 1. The van der Waals surface area contributed by atoms with Gasteiger partial charge >= 0.3 is 0 Å². The number of nitrogens with zero attached hydrogens (tertiary/aromatic N) is 1. The van der Waals surface area contributed by atoms with Crippen LogP contribution in [0.2, 0.25) is 0 Å². The quantitative estimate of drug-likeness (QED) is 0.303. The standard InChI is InChI=1S/C20H24F2N4O.HI/c1-3-5-19(27)26-17-7-4-6-14(10-17)12-24-20(23-2)25-13-15-11-16(21)8-9-18(15)22;/h4,6-11H,3,5,12-13H2,1-2H3,(H,26,27)(H2,23,24,25);1H. The van der Waals surface area contributed by atoms with Crippen LogP contribution in [0.3, 0.4) is 0 Å². The van der Waals surface area contributed by atoms with Crippen molar-refractivity contribution < 1.29 is 13.6 Å². The monoisotopic (exact) mass is 502 g/mol. The second kappa shape index (κ2) is 12.3. The lowest BCUT2D eigenvalue weighted by molar-refractivity contribution is -0.116. The summed E-state index contributed by atoms with van der Waals surface area (Å²) in [6.07, 6.45) is 1.27. The summed E-state index contributed by atoms with van der Waals surface area (Å²) in [5, 5.41) is 8.91. The SMILES string of the molecule is CCCC(=O)Nc1cccc(CNC(=NC)NCc2cc(F)ccc2F)c1.I. The van der Waals surface area contributed by atoms with Crippen molar-refractivity contribution in [2.24, 2.45) is 4.99 Å². The fraction of sp³-hybridized carbons (Fsp3) is 0.300. The average Bonchev–Trinajstić information content (AvgIpc) is 2.65. The summed E-state index contributed by atoms with van der Waals surface area (Å²) in [5.41, 5.74) is 1.90. The third-order valence-corrected chi connectivity index (χ3v) is 3.83. The van der Waals surface area contributed by atoms with E-state index in [0.29, 0.717) is 18.9 Å². The Morgan fingerprint density at radius 1 is 1.07 bits per heavy atom. The number of nitrogens with one attached hydrogen (secondary N) is 3. The molecule has 0 aliphatic rings. The minimum atomic E-state index is -0.488. The number of benzene rings is 2. The highest BCUT2D eigenvalue weighted by atomic mass is 127. The van der Waals surface area contributed by atoms with E-state index in [4.69, 9.17) is 0 Å². The highest BCUT2D eigenvalue weighted by molar-refractivity contribution is 14.0. The van der Waals surface area contributed by atoms with E-state index in [1.54, 1.807) is 7.05 Å². The lowest BCUT2D eigenvalue weighted by Crippen LogP contribution is -2.36. The van der Waals surface area contributed by atoms with Crippen LogP contribution in [0.5, 0.6) is 0 Å². The second-order valence-electron chi connectivity index (χ2n) is 6.01. The van der Waals surface area contributed by atoms with Crippen LogP contribution in [0.15, 0.2) is 47.5 Å². The molecule has 0 aromatic heterocycles. The van der Waals surface area contributed by atoms with Gasteiger partial charge in [-0.2, -0.15) is 0 Å². The molecule has 0 saturated heterocycles. The van der Waals surface area contributed by atoms with Gasteiger partial charge in [0.05, 0.1) is 0 Å². The Morgan fingerprint density at radius 3 is 2.54 bits per heavy atom. The van der Waals surface area contributed by atoms with Crippen LogP contribution in [0.1, 0.15) is 30.9 Å². The number of halogens is 3. The first-order valence-corrected chi connectivity index (χ1v) is 8.79. The van der Waals surface area contributed by atoms with Crippen molar-refractivity contribution in [2.75, 3.05) is 12.4 Å². The van der Waals surface area contributed by atoms with Crippen LogP contribution in [0.4, 0.5) is 14.5 Å². The first kappa shape index (κ1) is 23.8. The molecule has 0 heterocycles. The topological polar surface area (TPSA) is 65.5 Å². The zero-order valence-corrected chi connectivity index (χ0v) is 18.2. The average molecular weight is 502 g/mol. The molecule has 0 atom stereocenters. The summed E-state index contributed by atoms with van der Waals surface area (Å²) in [7, 11) is 1.60. The maximum Gasteiger partial charge on any atom is 0.224 e. The fourth-order valence-corrected chi connectivity index (χ4v) is 2.47. The molecule has 28 heavy (non-hydrogen) atoms. The summed E-state index contributed by atoms with van der Waals surface area (Å²) in [5.74, 6) is -0.524. The first-order chi connectivity index (χ1) is 13.0. The van der Waals surface area contributed by atoms with E-state index in [9.17, 15) is 13.6 Å². The molecule has 0 radical (unpaired) electrons. The molecule has 3 N–H and O–H groups in total. The Kier molecular flexibility index (Phi) is 10.4. The largest absolute Gasteiger partial charge is 0.352 e. The van der Waals surface area contributed by atoms with Crippen LogP contribution in [0, 0.1) is 11.6 Å². The van der Waals surface area contributed by atoms with Gasteiger partial charge in [0.2, 0.25) is 5.91 Å². The molecule has 2 aromatic carbocycles. The van der Waals surface area contributed by atoms with Crippen LogP contribution < -0.4 is 16.0 Å². The smallest absolute Gasteiger partial charge is 0.224 e. The minimum absolute atomic E-state index is 0. The Labute approximate surface area is 181 Å². The number of aliphatic imine (C=N–C) groups is 1. The summed E-state index contributed by atoms with van der Waals surface area (Å²) in [6.45, 7) is 2.52. The molecule has 0 aliphatic carbocycles. The highest BCUT2D eigenvalue weighted by Gasteiger charge is 2.06. The van der Waals surface area contributed by atoms with E-state index in [-0.39, 0.29) is 42.0 Å². The number of carbonyl (C=O) groups excluding carboxylic acids is 1. The molecular weight excluding hydrogens is 477 g/mol. The molecular formula is C20H25F2IN4O. The van der Waals surface area contributed by atoms with Gasteiger partial charge in [0.25, 0.3) is 0 Å². The van der Waals surface area contributed by atoms with Crippen molar-refractivity contribution in [1.29, 1.82) is 0 Å². The predicted molar refractivity (Wildman–Crippen MR) is 119 cm³/mol. The molecule has 0 bridgehead atoms. The van der Waals surface area contributed by atoms with Gasteiger partial charge < -0.3 is 16.0 Å². The summed E-state index contributed by atoms with van der Waals surface area (Å²) in [6, 6.07) is 10.8. The van der Waals surface area contributed by atoms with Gasteiger partial charge in [-0.05, 0) is 42.3 Å². The zero-order valence-electron chi connectivity index (χ0n) is 15.9. The van der Waals surface area contributed by atoms with Crippen molar-refractivity contribution >= 4 is 41.5 Å². The number of amides is 1. The van der Waals surface area contributed by atoms with E-state index in [1.807, 2.05) is 31.2 Å². The maximum atomic E-state index is 13.7. The normalized spacial score (nSPS) is 10.8. The highest BCUT2D eigenvalue weighted by Crippen LogP contribution is 2.12. The van der Waals surface area contributed by atoms with Crippen LogP contribution >= 0.6 is 24.0 Å². The third kappa shape index (κ3) is 7.79. The molecule has 0 fully saturated rings.